The first kappa shape index (κ1) is 16.1. The average Bonchev–Trinajstić information content (AvgIpc) is 3.23. The zero-order chi connectivity index (χ0) is 18.0. The zero-order valence-electron chi connectivity index (χ0n) is 14.7. The van der Waals surface area contributed by atoms with Gasteiger partial charge in [-0.2, -0.15) is 0 Å². The summed E-state index contributed by atoms with van der Waals surface area (Å²) in [4.78, 5) is 39.1. The molecule has 2 aliphatic carbocycles. The van der Waals surface area contributed by atoms with Crippen molar-refractivity contribution in [3.05, 3.63) is 34.2 Å². The van der Waals surface area contributed by atoms with E-state index in [1.807, 2.05) is 15.5 Å². The van der Waals surface area contributed by atoms with Crippen molar-refractivity contribution in [3.63, 3.8) is 0 Å². The van der Waals surface area contributed by atoms with Crippen LogP contribution in [0.4, 0.5) is 0 Å². The third kappa shape index (κ3) is 2.27. The SMILES string of the molecule is O=C(O)[C@H]1[C@@H]2CC[C@@H](C2)[C@@H]1C(=O)N1C[C@@H]2C[C@@H](C1)c1cccc(=O)n1C2. The maximum atomic E-state index is 13.3. The first-order valence-corrected chi connectivity index (χ1v) is 9.74. The highest BCUT2D eigenvalue weighted by Gasteiger charge is 2.55. The highest BCUT2D eigenvalue weighted by atomic mass is 16.4. The topological polar surface area (TPSA) is 79.6 Å². The maximum Gasteiger partial charge on any atom is 0.307 e. The highest BCUT2D eigenvalue weighted by Crippen LogP contribution is 2.53. The largest absolute Gasteiger partial charge is 0.481 e. The fraction of sp³-hybridized carbons (Fsp3) is 0.650. The number of aliphatic carboxylic acids is 1. The molecule has 6 nitrogen and oxygen atoms in total. The van der Waals surface area contributed by atoms with Crippen molar-refractivity contribution in [2.24, 2.45) is 29.6 Å². The van der Waals surface area contributed by atoms with Crippen molar-refractivity contribution in [2.75, 3.05) is 13.1 Å². The predicted molar refractivity (Wildman–Crippen MR) is 93.6 cm³/mol. The molecule has 26 heavy (non-hydrogen) atoms. The lowest BCUT2D eigenvalue weighted by Gasteiger charge is -2.44. The van der Waals surface area contributed by atoms with Crippen LogP contribution >= 0.6 is 0 Å². The van der Waals surface area contributed by atoms with Gasteiger partial charge in [-0.1, -0.05) is 6.07 Å². The first-order chi connectivity index (χ1) is 12.5. The summed E-state index contributed by atoms with van der Waals surface area (Å²) in [5, 5.41) is 9.67. The third-order valence-corrected chi connectivity index (χ3v) is 7.28. The molecule has 0 aromatic carbocycles. The van der Waals surface area contributed by atoms with Gasteiger partial charge < -0.3 is 14.6 Å². The molecule has 138 valence electrons. The molecule has 0 spiro atoms. The minimum Gasteiger partial charge on any atom is -0.481 e. The van der Waals surface area contributed by atoms with E-state index in [0.29, 0.717) is 19.6 Å². The molecule has 1 N–H and O–H groups in total. The predicted octanol–water partition coefficient (Wildman–Crippen LogP) is 1.54. The van der Waals surface area contributed by atoms with E-state index >= 15 is 0 Å². The van der Waals surface area contributed by atoms with Gasteiger partial charge in [0.15, 0.2) is 0 Å². The monoisotopic (exact) mass is 356 g/mol. The van der Waals surface area contributed by atoms with Crippen LogP contribution in [0.15, 0.2) is 23.0 Å². The molecule has 3 fully saturated rings. The molecule has 1 amide bonds. The molecule has 6 atom stereocenters. The fourth-order valence-electron chi connectivity index (χ4n) is 6.29. The average molecular weight is 356 g/mol. The van der Waals surface area contributed by atoms with Crippen molar-refractivity contribution >= 4 is 11.9 Å². The first-order valence-electron chi connectivity index (χ1n) is 9.74. The fourth-order valence-corrected chi connectivity index (χ4v) is 6.29. The zero-order valence-corrected chi connectivity index (χ0v) is 14.7. The van der Waals surface area contributed by atoms with E-state index in [9.17, 15) is 19.5 Å². The second-order valence-corrected chi connectivity index (χ2v) is 8.66. The number of hydrogen-bond acceptors (Lipinski definition) is 3. The molecule has 4 aliphatic rings. The summed E-state index contributed by atoms with van der Waals surface area (Å²) in [5.74, 6) is -0.716. The van der Waals surface area contributed by atoms with E-state index < -0.39 is 11.9 Å². The van der Waals surface area contributed by atoms with Gasteiger partial charge in [-0.15, -0.1) is 0 Å². The number of piperidine rings is 1. The second-order valence-electron chi connectivity index (χ2n) is 8.66. The Balaban J connectivity index is 1.41. The number of amides is 1. The Bertz CT molecular complexity index is 831. The molecule has 3 heterocycles. The number of carbonyl (C=O) groups excluding carboxylic acids is 1. The number of pyridine rings is 1. The second kappa shape index (κ2) is 5.69. The third-order valence-electron chi connectivity index (χ3n) is 7.28. The lowest BCUT2D eigenvalue weighted by molar-refractivity contribution is -0.154. The summed E-state index contributed by atoms with van der Waals surface area (Å²) >= 11 is 0. The maximum absolute atomic E-state index is 13.3. The summed E-state index contributed by atoms with van der Waals surface area (Å²) in [6.07, 6.45) is 3.84. The molecule has 0 radical (unpaired) electrons. The van der Waals surface area contributed by atoms with E-state index in [-0.39, 0.29) is 41.1 Å². The summed E-state index contributed by atoms with van der Waals surface area (Å²) in [5.41, 5.74) is 1.06. The minimum atomic E-state index is -0.801. The van der Waals surface area contributed by atoms with Crippen LogP contribution in [0.2, 0.25) is 0 Å². The van der Waals surface area contributed by atoms with Crippen LogP contribution in [0.3, 0.4) is 0 Å². The van der Waals surface area contributed by atoms with Gasteiger partial charge in [-0.25, -0.2) is 0 Å². The van der Waals surface area contributed by atoms with E-state index in [2.05, 4.69) is 0 Å². The van der Waals surface area contributed by atoms with Crippen molar-refractivity contribution in [1.82, 2.24) is 9.47 Å². The quantitative estimate of drug-likeness (QED) is 0.872. The van der Waals surface area contributed by atoms with E-state index in [4.69, 9.17) is 0 Å². The summed E-state index contributed by atoms with van der Waals surface area (Å²) < 4.78 is 1.86. The van der Waals surface area contributed by atoms with Crippen LogP contribution in [0.5, 0.6) is 0 Å². The lowest BCUT2D eigenvalue weighted by Crippen LogP contribution is -2.52. The number of hydrogen-bond donors (Lipinski definition) is 1. The highest BCUT2D eigenvalue weighted by molar-refractivity contribution is 5.86. The number of fused-ring (bicyclic) bond motifs is 6. The number of nitrogens with zero attached hydrogens (tertiary/aromatic N) is 2. The Hall–Kier alpha value is -2.11. The van der Waals surface area contributed by atoms with Crippen LogP contribution < -0.4 is 5.56 Å². The Morgan fingerprint density at radius 1 is 1.00 bits per heavy atom. The van der Waals surface area contributed by atoms with Gasteiger partial charge in [0.25, 0.3) is 5.56 Å². The van der Waals surface area contributed by atoms with Crippen LogP contribution in [-0.2, 0) is 16.1 Å². The minimum absolute atomic E-state index is 0.0380. The van der Waals surface area contributed by atoms with Crippen molar-refractivity contribution in [1.29, 1.82) is 0 Å². The van der Waals surface area contributed by atoms with Crippen molar-refractivity contribution in [3.8, 4) is 0 Å². The number of likely N-dealkylation sites (tertiary alicyclic amines) is 1. The molecule has 6 heteroatoms. The molecule has 5 rings (SSSR count). The van der Waals surface area contributed by atoms with Gasteiger partial charge in [0.2, 0.25) is 5.91 Å². The standard InChI is InChI=1S/C20H24N2O4/c23-16-3-1-2-15-14-6-11(9-22(15)16)8-21(10-14)19(24)17-12-4-5-13(7-12)18(17)20(25)26/h1-3,11-14,17-18H,4-10H2,(H,25,26)/t11-,12-,13+,14-,17-,18-/m0/s1. The van der Waals surface area contributed by atoms with E-state index in [0.717, 1.165) is 31.4 Å². The summed E-state index contributed by atoms with van der Waals surface area (Å²) in [7, 11) is 0. The van der Waals surface area contributed by atoms with Gasteiger partial charge in [-0.05, 0) is 49.5 Å². The molecule has 1 aromatic heterocycles. The molecule has 2 aliphatic heterocycles. The molecular weight excluding hydrogens is 332 g/mol. The van der Waals surface area contributed by atoms with Gasteiger partial charge in [0.1, 0.15) is 0 Å². The lowest BCUT2D eigenvalue weighted by atomic mass is 9.77. The summed E-state index contributed by atoms with van der Waals surface area (Å²) in [6, 6.07) is 5.39. The van der Waals surface area contributed by atoms with Crippen LogP contribution in [0.1, 0.15) is 37.3 Å². The Kier molecular flexibility index (Phi) is 3.52. The van der Waals surface area contributed by atoms with Gasteiger partial charge >= 0.3 is 5.97 Å². The molecule has 0 unspecified atom stereocenters. The number of carbonyl (C=O) groups is 2. The van der Waals surface area contributed by atoms with Crippen LogP contribution in [-0.4, -0.2) is 39.5 Å². The van der Waals surface area contributed by atoms with Crippen LogP contribution in [0.25, 0.3) is 0 Å². The van der Waals surface area contributed by atoms with Gasteiger partial charge in [-0.3, -0.25) is 14.4 Å². The normalized spacial score (nSPS) is 37.5. The van der Waals surface area contributed by atoms with E-state index in [1.54, 1.807) is 12.1 Å². The smallest absolute Gasteiger partial charge is 0.307 e. The molecule has 4 bridgehead atoms. The molecule has 1 saturated heterocycles. The Labute approximate surface area is 151 Å². The number of carboxylic acids is 1. The van der Waals surface area contributed by atoms with Crippen molar-refractivity contribution in [2.45, 2.75) is 38.1 Å². The molecule has 2 saturated carbocycles. The molecular formula is C20H24N2O4. The Morgan fingerprint density at radius 2 is 1.77 bits per heavy atom. The van der Waals surface area contributed by atoms with Gasteiger partial charge in [0.05, 0.1) is 11.8 Å². The Morgan fingerprint density at radius 3 is 2.54 bits per heavy atom. The van der Waals surface area contributed by atoms with Crippen LogP contribution in [0, 0.1) is 29.6 Å². The number of carboxylic acid groups (broad SMARTS) is 1. The van der Waals surface area contributed by atoms with Crippen molar-refractivity contribution < 1.29 is 14.7 Å². The summed E-state index contributed by atoms with van der Waals surface area (Å²) in [6.45, 7) is 1.92. The number of rotatable bonds is 2. The van der Waals surface area contributed by atoms with Gasteiger partial charge in [0, 0.05) is 37.3 Å². The molecule has 1 aromatic rings. The number of aromatic nitrogens is 1. The van der Waals surface area contributed by atoms with E-state index in [1.165, 1.54) is 0 Å².